The maximum Gasteiger partial charge on any atom is 0.272 e. The topological polar surface area (TPSA) is 63.1 Å². The van der Waals surface area contributed by atoms with Crippen molar-refractivity contribution in [1.29, 1.82) is 0 Å². The number of carbonyl (C=O) groups excluding carboxylic acids is 2. The van der Waals surface area contributed by atoms with E-state index in [1.165, 1.54) is 0 Å². The van der Waals surface area contributed by atoms with Crippen molar-refractivity contribution in [1.82, 2.24) is 4.57 Å². The minimum Gasteiger partial charge on any atom is -0.347 e. The van der Waals surface area contributed by atoms with E-state index in [1.54, 1.807) is 22.8 Å². The molecule has 0 saturated heterocycles. The Hall–Kier alpha value is -2.82. The molecular formula is C19H21N3O2. The third-order valence-electron chi connectivity index (χ3n) is 4.19. The molecule has 2 aromatic rings. The van der Waals surface area contributed by atoms with Crippen LogP contribution in [0.25, 0.3) is 0 Å². The molecule has 3 rings (SSSR count). The van der Waals surface area contributed by atoms with Gasteiger partial charge in [0.25, 0.3) is 5.91 Å². The zero-order valence-corrected chi connectivity index (χ0v) is 13.7. The lowest BCUT2D eigenvalue weighted by molar-refractivity contribution is -0.116. The molecule has 1 aromatic heterocycles. The summed E-state index contributed by atoms with van der Waals surface area (Å²) in [5.41, 5.74) is 1.78. The number of aromatic nitrogens is 1. The van der Waals surface area contributed by atoms with Crippen molar-refractivity contribution in [3.63, 3.8) is 0 Å². The van der Waals surface area contributed by atoms with E-state index in [0.717, 1.165) is 12.8 Å². The second-order valence-corrected chi connectivity index (χ2v) is 6.02. The number of carbonyl (C=O) groups is 2. The Bertz CT molecular complexity index is 776. The maximum atomic E-state index is 12.4. The molecule has 2 amide bonds. The van der Waals surface area contributed by atoms with Gasteiger partial charge in [0.2, 0.25) is 5.91 Å². The summed E-state index contributed by atoms with van der Waals surface area (Å²) in [6.07, 6.45) is 8.57. The number of rotatable bonds is 5. The van der Waals surface area contributed by atoms with Gasteiger partial charge in [-0.3, -0.25) is 9.59 Å². The molecule has 24 heavy (non-hydrogen) atoms. The normalized spacial score (nSPS) is 16.1. The molecule has 0 saturated carbocycles. The van der Waals surface area contributed by atoms with Gasteiger partial charge in [0.05, 0.1) is 11.4 Å². The van der Waals surface area contributed by atoms with E-state index in [9.17, 15) is 9.59 Å². The summed E-state index contributed by atoms with van der Waals surface area (Å²) in [7, 11) is 1.82. The van der Waals surface area contributed by atoms with Gasteiger partial charge in [0.15, 0.2) is 0 Å². The number of anilines is 2. The fourth-order valence-electron chi connectivity index (χ4n) is 2.89. The van der Waals surface area contributed by atoms with Crippen LogP contribution in [0.2, 0.25) is 0 Å². The van der Waals surface area contributed by atoms with Gasteiger partial charge in [0.1, 0.15) is 5.69 Å². The molecule has 0 bridgehead atoms. The molecule has 5 nitrogen and oxygen atoms in total. The Morgan fingerprint density at radius 1 is 1.12 bits per heavy atom. The molecule has 5 heteroatoms. The summed E-state index contributed by atoms with van der Waals surface area (Å²) >= 11 is 0. The molecule has 1 aliphatic carbocycles. The summed E-state index contributed by atoms with van der Waals surface area (Å²) in [6, 6.07) is 10.8. The molecule has 1 aromatic carbocycles. The molecule has 2 N–H and O–H groups in total. The van der Waals surface area contributed by atoms with Gasteiger partial charge in [-0.15, -0.1) is 0 Å². The highest BCUT2D eigenvalue weighted by molar-refractivity contribution is 6.06. The van der Waals surface area contributed by atoms with Crippen LogP contribution in [-0.2, 0) is 11.8 Å². The molecule has 124 valence electrons. The zero-order chi connectivity index (χ0) is 16.9. The van der Waals surface area contributed by atoms with Crippen LogP contribution >= 0.6 is 0 Å². The van der Waals surface area contributed by atoms with Crippen LogP contribution < -0.4 is 10.6 Å². The average Bonchev–Trinajstić information content (AvgIpc) is 3.20. The van der Waals surface area contributed by atoms with Gasteiger partial charge in [0, 0.05) is 19.7 Å². The van der Waals surface area contributed by atoms with Crippen LogP contribution in [0.15, 0.2) is 54.7 Å². The first-order valence-electron chi connectivity index (χ1n) is 8.11. The number of hydrogen-bond donors (Lipinski definition) is 2. The number of para-hydroxylation sites is 2. The first kappa shape index (κ1) is 16.1. The lowest BCUT2D eigenvalue weighted by Crippen LogP contribution is -2.19. The SMILES string of the molecule is Cn1cccc1C(=O)Nc1ccccc1NC(=O)C[C@@H]1C=CCC1. The Balaban J connectivity index is 1.68. The van der Waals surface area contributed by atoms with Gasteiger partial charge < -0.3 is 15.2 Å². The van der Waals surface area contributed by atoms with Crippen molar-refractivity contribution in [2.45, 2.75) is 19.3 Å². The number of benzene rings is 1. The van der Waals surface area contributed by atoms with Gasteiger partial charge in [-0.25, -0.2) is 0 Å². The smallest absolute Gasteiger partial charge is 0.272 e. The van der Waals surface area contributed by atoms with E-state index in [0.29, 0.717) is 29.4 Å². The monoisotopic (exact) mass is 323 g/mol. The second kappa shape index (κ2) is 7.17. The molecule has 0 unspecified atom stereocenters. The second-order valence-electron chi connectivity index (χ2n) is 6.02. The van der Waals surface area contributed by atoms with Crippen molar-refractivity contribution < 1.29 is 9.59 Å². The number of aryl methyl sites for hydroxylation is 1. The third-order valence-corrected chi connectivity index (χ3v) is 4.19. The van der Waals surface area contributed by atoms with Crippen LogP contribution in [0.5, 0.6) is 0 Å². The lowest BCUT2D eigenvalue weighted by Gasteiger charge is -2.13. The van der Waals surface area contributed by atoms with Crippen molar-refractivity contribution in [3.8, 4) is 0 Å². The molecule has 1 aliphatic rings. The van der Waals surface area contributed by atoms with Crippen LogP contribution in [0.4, 0.5) is 11.4 Å². The van der Waals surface area contributed by atoms with E-state index >= 15 is 0 Å². The summed E-state index contributed by atoms with van der Waals surface area (Å²) in [4.78, 5) is 24.6. The summed E-state index contributed by atoms with van der Waals surface area (Å²) in [5, 5.41) is 5.77. The average molecular weight is 323 g/mol. The first-order chi connectivity index (χ1) is 11.6. The molecule has 0 spiro atoms. The highest BCUT2D eigenvalue weighted by atomic mass is 16.2. The minimum absolute atomic E-state index is 0.0351. The van der Waals surface area contributed by atoms with E-state index in [1.807, 2.05) is 31.4 Å². The number of allylic oxidation sites excluding steroid dienone is 2. The van der Waals surface area contributed by atoms with Crippen LogP contribution in [0.1, 0.15) is 29.8 Å². The molecule has 0 fully saturated rings. The zero-order valence-electron chi connectivity index (χ0n) is 13.7. The van der Waals surface area contributed by atoms with Gasteiger partial charge in [-0.1, -0.05) is 24.3 Å². The predicted octanol–water partition coefficient (Wildman–Crippen LogP) is 3.57. The fraction of sp³-hybridized carbons (Fsp3) is 0.263. The molecule has 0 radical (unpaired) electrons. The Morgan fingerprint density at radius 3 is 2.50 bits per heavy atom. The van der Waals surface area contributed by atoms with Crippen molar-refractivity contribution in [2.24, 2.45) is 13.0 Å². The largest absolute Gasteiger partial charge is 0.347 e. The third kappa shape index (κ3) is 3.74. The molecule has 0 aliphatic heterocycles. The van der Waals surface area contributed by atoms with Crippen LogP contribution in [0.3, 0.4) is 0 Å². The molecule has 1 atom stereocenters. The van der Waals surface area contributed by atoms with E-state index in [-0.39, 0.29) is 11.8 Å². The Kier molecular flexibility index (Phi) is 4.79. The van der Waals surface area contributed by atoms with Crippen molar-refractivity contribution >= 4 is 23.2 Å². The number of hydrogen-bond acceptors (Lipinski definition) is 2. The van der Waals surface area contributed by atoms with E-state index in [2.05, 4.69) is 22.8 Å². The number of amides is 2. The highest BCUT2D eigenvalue weighted by Gasteiger charge is 2.16. The minimum atomic E-state index is -0.206. The highest BCUT2D eigenvalue weighted by Crippen LogP contribution is 2.24. The Labute approximate surface area is 141 Å². The molecule has 1 heterocycles. The van der Waals surface area contributed by atoms with Gasteiger partial charge >= 0.3 is 0 Å². The van der Waals surface area contributed by atoms with Gasteiger partial charge in [-0.2, -0.15) is 0 Å². The fourth-order valence-corrected chi connectivity index (χ4v) is 2.89. The van der Waals surface area contributed by atoms with E-state index in [4.69, 9.17) is 0 Å². The van der Waals surface area contributed by atoms with Crippen molar-refractivity contribution in [3.05, 3.63) is 60.4 Å². The number of nitrogens with zero attached hydrogens (tertiary/aromatic N) is 1. The summed E-state index contributed by atoms with van der Waals surface area (Å²) in [6.45, 7) is 0. The summed E-state index contributed by atoms with van der Waals surface area (Å²) in [5.74, 6) is 0.0742. The van der Waals surface area contributed by atoms with Crippen molar-refractivity contribution in [2.75, 3.05) is 10.6 Å². The van der Waals surface area contributed by atoms with Gasteiger partial charge in [-0.05, 0) is 43.0 Å². The summed E-state index contributed by atoms with van der Waals surface area (Å²) < 4.78 is 1.75. The number of nitrogens with one attached hydrogen (secondary N) is 2. The lowest BCUT2D eigenvalue weighted by atomic mass is 10.0. The maximum absolute atomic E-state index is 12.4. The quantitative estimate of drug-likeness (QED) is 0.826. The Morgan fingerprint density at radius 2 is 1.88 bits per heavy atom. The van der Waals surface area contributed by atoms with E-state index < -0.39 is 0 Å². The van der Waals surface area contributed by atoms with Crippen LogP contribution in [0, 0.1) is 5.92 Å². The standard InChI is InChI=1S/C19H21N3O2/c1-22-12-6-11-17(22)19(24)21-16-10-5-4-9-15(16)20-18(23)13-14-7-2-3-8-14/h2,4-7,9-12,14H,3,8,13H2,1H3,(H,20,23)(H,21,24)/t14-/m1/s1. The van der Waals surface area contributed by atoms with Crippen LogP contribution in [-0.4, -0.2) is 16.4 Å². The predicted molar refractivity (Wildman–Crippen MR) is 94.9 cm³/mol. The first-order valence-corrected chi connectivity index (χ1v) is 8.11. The molecular weight excluding hydrogens is 302 g/mol.